The smallest absolute Gasteiger partial charge is 0.395 e. The zero-order valence-electron chi connectivity index (χ0n) is 9.08. The molecule has 8 heteroatoms. The van der Waals surface area contributed by atoms with Crippen molar-refractivity contribution >= 4 is 11.6 Å². The van der Waals surface area contributed by atoms with Gasteiger partial charge >= 0.3 is 6.18 Å². The van der Waals surface area contributed by atoms with Gasteiger partial charge in [0.1, 0.15) is 5.60 Å². The molecule has 2 N–H and O–H groups in total. The molecular weight excluding hydrogens is 273 g/mol. The average molecular weight is 283 g/mol. The van der Waals surface area contributed by atoms with E-state index >= 15 is 0 Å². The van der Waals surface area contributed by atoms with Crippen molar-refractivity contribution in [2.45, 2.75) is 24.6 Å². The van der Waals surface area contributed by atoms with Crippen LogP contribution in [0.4, 0.5) is 13.2 Å². The monoisotopic (exact) mass is 282 g/mol. The first kappa shape index (κ1) is 13.5. The molecule has 100 valence electrons. The number of alkyl halides is 3. The van der Waals surface area contributed by atoms with Gasteiger partial charge in [-0.3, -0.25) is 0 Å². The van der Waals surface area contributed by atoms with Crippen molar-refractivity contribution in [3.63, 3.8) is 0 Å². The standard InChI is InChI=1S/C10H10ClF3N2O2/c11-6-1-15-7(16-2-6)9(18)3-8(4-9,5-17)10(12,13)14/h1-2,17-18H,3-5H2. The highest BCUT2D eigenvalue weighted by atomic mass is 35.5. The van der Waals surface area contributed by atoms with Crippen LogP contribution < -0.4 is 0 Å². The number of aliphatic hydroxyl groups is 2. The first-order valence-electron chi connectivity index (χ1n) is 5.10. The van der Waals surface area contributed by atoms with E-state index in [1.54, 1.807) is 0 Å². The Labute approximate surface area is 105 Å². The third-order valence-electron chi connectivity index (χ3n) is 3.20. The molecule has 0 aromatic carbocycles. The van der Waals surface area contributed by atoms with Crippen molar-refractivity contribution in [1.29, 1.82) is 0 Å². The minimum atomic E-state index is -4.57. The summed E-state index contributed by atoms with van der Waals surface area (Å²) in [7, 11) is 0. The first-order chi connectivity index (χ1) is 8.22. The highest BCUT2D eigenvalue weighted by Gasteiger charge is 2.68. The third-order valence-corrected chi connectivity index (χ3v) is 3.40. The first-order valence-corrected chi connectivity index (χ1v) is 5.48. The van der Waals surface area contributed by atoms with Gasteiger partial charge in [0, 0.05) is 25.2 Å². The molecule has 4 nitrogen and oxygen atoms in total. The molecule has 1 aliphatic carbocycles. The highest BCUT2D eigenvalue weighted by molar-refractivity contribution is 6.30. The van der Waals surface area contributed by atoms with Crippen LogP contribution in [0.15, 0.2) is 12.4 Å². The summed E-state index contributed by atoms with van der Waals surface area (Å²) in [6.45, 7) is -1.06. The van der Waals surface area contributed by atoms with Gasteiger partial charge < -0.3 is 10.2 Å². The zero-order chi connectivity index (χ0) is 13.6. The van der Waals surface area contributed by atoms with Crippen LogP contribution in [0.3, 0.4) is 0 Å². The van der Waals surface area contributed by atoms with Gasteiger partial charge in [0.15, 0.2) is 5.82 Å². The van der Waals surface area contributed by atoms with Crippen LogP contribution in [-0.2, 0) is 5.60 Å². The fourth-order valence-electron chi connectivity index (χ4n) is 2.18. The SMILES string of the molecule is OCC1(C(F)(F)F)CC(O)(c2ncc(Cl)cn2)C1. The van der Waals surface area contributed by atoms with Gasteiger partial charge in [-0.2, -0.15) is 13.2 Å². The Hall–Kier alpha value is -0.920. The van der Waals surface area contributed by atoms with Crippen molar-refractivity contribution in [2.75, 3.05) is 6.61 Å². The van der Waals surface area contributed by atoms with Gasteiger partial charge in [0.05, 0.1) is 17.0 Å². The molecule has 1 fully saturated rings. The molecule has 0 aliphatic heterocycles. The van der Waals surface area contributed by atoms with Gasteiger partial charge in [-0.05, 0) is 0 Å². The van der Waals surface area contributed by atoms with Crippen LogP contribution in [0, 0.1) is 5.41 Å². The molecule has 1 saturated carbocycles. The summed E-state index contributed by atoms with van der Waals surface area (Å²) < 4.78 is 38.2. The van der Waals surface area contributed by atoms with Gasteiger partial charge in [-0.1, -0.05) is 11.6 Å². The topological polar surface area (TPSA) is 66.2 Å². The second-order valence-electron chi connectivity index (χ2n) is 4.55. The number of aromatic nitrogens is 2. The van der Waals surface area contributed by atoms with Crippen LogP contribution in [-0.4, -0.2) is 33.0 Å². The van der Waals surface area contributed by atoms with Crippen molar-refractivity contribution in [1.82, 2.24) is 9.97 Å². The summed E-state index contributed by atoms with van der Waals surface area (Å²) in [5.41, 5.74) is -4.03. The Morgan fingerprint density at radius 1 is 1.28 bits per heavy atom. The zero-order valence-corrected chi connectivity index (χ0v) is 9.83. The second kappa shape index (κ2) is 4.04. The van der Waals surface area contributed by atoms with Crippen molar-refractivity contribution in [3.05, 3.63) is 23.2 Å². The summed E-state index contributed by atoms with van der Waals surface area (Å²) in [5.74, 6) is -0.111. The predicted octanol–water partition coefficient (Wildman–Crippen LogP) is 1.65. The summed E-state index contributed by atoms with van der Waals surface area (Å²) >= 11 is 5.55. The Bertz CT molecular complexity index is 443. The van der Waals surface area contributed by atoms with Gasteiger partial charge in [-0.25, -0.2) is 9.97 Å². The van der Waals surface area contributed by atoms with E-state index in [-0.39, 0.29) is 10.8 Å². The maximum atomic E-state index is 12.7. The fraction of sp³-hybridized carbons (Fsp3) is 0.600. The van der Waals surface area contributed by atoms with E-state index in [9.17, 15) is 18.3 Å². The van der Waals surface area contributed by atoms with E-state index in [1.165, 1.54) is 12.4 Å². The largest absolute Gasteiger partial charge is 0.396 e. The summed E-state index contributed by atoms with van der Waals surface area (Å²) in [4.78, 5) is 7.42. The van der Waals surface area contributed by atoms with E-state index in [0.717, 1.165) is 0 Å². The molecule has 0 amide bonds. The Kier molecular flexibility index (Phi) is 3.03. The molecule has 0 spiro atoms. The van der Waals surface area contributed by atoms with Gasteiger partial charge in [0.2, 0.25) is 0 Å². The number of hydrogen-bond acceptors (Lipinski definition) is 4. The van der Waals surface area contributed by atoms with E-state index in [1.807, 2.05) is 0 Å². The maximum Gasteiger partial charge on any atom is 0.396 e. The molecule has 2 rings (SSSR count). The molecule has 1 heterocycles. The minimum absolute atomic E-state index is 0.111. The molecule has 0 atom stereocenters. The lowest BCUT2D eigenvalue weighted by Gasteiger charge is -2.51. The molecule has 1 aromatic heterocycles. The van der Waals surface area contributed by atoms with Crippen LogP contribution in [0.5, 0.6) is 0 Å². The third kappa shape index (κ3) is 1.96. The van der Waals surface area contributed by atoms with Crippen molar-refractivity contribution < 1.29 is 23.4 Å². The van der Waals surface area contributed by atoms with Gasteiger partial charge in [0.25, 0.3) is 0 Å². The predicted molar refractivity (Wildman–Crippen MR) is 55.7 cm³/mol. The second-order valence-corrected chi connectivity index (χ2v) is 4.98. The molecular formula is C10H10ClF3N2O2. The lowest BCUT2D eigenvalue weighted by molar-refractivity contribution is -0.312. The van der Waals surface area contributed by atoms with Crippen LogP contribution in [0.2, 0.25) is 5.02 Å². The summed E-state index contributed by atoms with van der Waals surface area (Å²) in [5, 5.41) is 19.2. The lowest BCUT2D eigenvalue weighted by Crippen LogP contribution is -2.59. The summed E-state index contributed by atoms with van der Waals surface area (Å²) in [6, 6.07) is 0. The Morgan fingerprint density at radius 2 is 1.78 bits per heavy atom. The van der Waals surface area contributed by atoms with E-state index in [2.05, 4.69) is 9.97 Å². The molecule has 1 aromatic rings. The van der Waals surface area contributed by atoms with Crippen molar-refractivity contribution in [3.8, 4) is 0 Å². The quantitative estimate of drug-likeness (QED) is 0.866. The molecule has 0 radical (unpaired) electrons. The number of nitrogens with zero attached hydrogens (tertiary/aromatic N) is 2. The fourth-order valence-corrected chi connectivity index (χ4v) is 2.28. The van der Waals surface area contributed by atoms with Crippen LogP contribution in [0.1, 0.15) is 18.7 Å². The highest BCUT2D eigenvalue weighted by Crippen LogP contribution is 2.60. The molecule has 0 bridgehead atoms. The lowest BCUT2D eigenvalue weighted by atomic mass is 9.58. The number of halogens is 4. The molecule has 0 unspecified atom stereocenters. The molecule has 0 saturated heterocycles. The van der Waals surface area contributed by atoms with Crippen LogP contribution >= 0.6 is 11.6 Å². The number of hydrogen-bond donors (Lipinski definition) is 2. The average Bonchev–Trinajstić information content (AvgIpc) is 2.23. The molecule has 1 aliphatic rings. The number of rotatable bonds is 2. The normalized spacial score (nSPS) is 32.1. The Balaban J connectivity index is 2.22. The Morgan fingerprint density at radius 3 is 2.17 bits per heavy atom. The molecule has 18 heavy (non-hydrogen) atoms. The minimum Gasteiger partial charge on any atom is -0.395 e. The van der Waals surface area contributed by atoms with E-state index < -0.39 is 36.6 Å². The van der Waals surface area contributed by atoms with Crippen molar-refractivity contribution in [2.24, 2.45) is 5.41 Å². The maximum absolute atomic E-state index is 12.7. The van der Waals surface area contributed by atoms with Gasteiger partial charge in [-0.15, -0.1) is 0 Å². The van der Waals surface area contributed by atoms with E-state index in [4.69, 9.17) is 16.7 Å². The summed E-state index contributed by atoms with van der Waals surface area (Å²) in [6.07, 6.45) is -3.47. The number of aliphatic hydroxyl groups excluding tert-OH is 1. The van der Waals surface area contributed by atoms with E-state index in [0.29, 0.717) is 0 Å². The van der Waals surface area contributed by atoms with Crippen LogP contribution in [0.25, 0.3) is 0 Å².